The first-order valence-electron chi connectivity index (χ1n) is 5.45. The number of urea groups is 1. The first-order valence-corrected chi connectivity index (χ1v) is 5.45. The molecule has 1 aromatic rings. The maximum Gasteiger partial charge on any atom is 0.316 e. The van der Waals surface area contributed by atoms with E-state index in [0.29, 0.717) is 24.3 Å². The topological polar surface area (TPSA) is 100 Å². The number of aromatic nitrogens is 1. The summed E-state index contributed by atoms with van der Waals surface area (Å²) >= 11 is 0. The Hall–Kier alpha value is -2.31. The van der Waals surface area contributed by atoms with Crippen LogP contribution in [0.3, 0.4) is 0 Å². The molecular weight excluding hydrogens is 234 g/mol. The van der Waals surface area contributed by atoms with Crippen molar-refractivity contribution in [2.75, 3.05) is 32.9 Å². The molecular formula is C11H17N5O2. The average Bonchev–Trinajstić information content (AvgIpc) is 2.34. The molecule has 7 nitrogen and oxygen atoms in total. The molecule has 18 heavy (non-hydrogen) atoms. The van der Waals surface area contributed by atoms with Crippen molar-refractivity contribution in [2.24, 2.45) is 0 Å². The Bertz CT molecular complexity index is 433. The van der Waals surface area contributed by atoms with Gasteiger partial charge in [-0.3, -0.25) is 9.78 Å². The van der Waals surface area contributed by atoms with Crippen molar-refractivity contribution < 1.29 is 9.59 Å². The molecule has 98 valence electrons. The van der Waals surface area contributed by atoms with Gasteiger partial charge in [0.2, 0.25) is 0 Å². The number of pyridine rings is 1. The monoisotopic (exact) mass is 251 g/mol. The van der Waals surface area contributed by atoms with Gasteiger partial charge in [0.25, 0.3) is 5.91 Å². The van der Waals surface area contributed by atoms with Crippen LogP contribution in [0, 0.1) is 0 Å². The van der Waals surface area contributed by atoms with Crippen LogP contribution in [0.4, 0.5) is 10.5 Å². The molecule has 3 amide bonds. The minimum atomic E-state index is -0.283. The Morgan fingerprint density at radius 2 is 2.00 bits per heavy atom. The highest BCUT2D eigenvalue weighted by molar-refractivity contribution is 5.98. The minimum Gasteiger partial charge on any atom is -0.397 e. The van der Waals surface area contributed by atoms with Gasteiger partial charge in [0.1, 0.15) is 0 Å². The maximum absolute atomic E-state index is 11.7. The van der Waals surface area contributed by atoms with Crippen molar-refractivity contribution in [3.05, 3.63) is 24.0 Å². The number of carbonyl (C=O) groups excluding carboxylic acids is 2. The summed E-state index contributed by atoms with van der Waals surface area (Å²) < 4.78 is 0. The predicted octanol–water partition coefficient (Wildman–Crippen LogP) is -0.335. The number of anilines is 1. The number of carbonyl (C=O) groups is 2. The van der Waals surface area contributed by atoms with Crippen LogP contribution in [0.2, 0.25) is 0 Å². The van der Waals surface area contributed by atoms with E-state index < -0.39 is 0 Å². The van der Waals surface area contributed by atoms with Crippen molar-refractivity contribution in [1.82, 2.24) is 20.5 Å². The lowest BCUT2D eigenvalue weighted by atomic mass is 10.2. The largest absolute Gasteiger partial charge is 0.397 e. The Morgan fingerprint density at radius 1 is 1.33 bits per heavy atom. The van der Waals surface area contributed by atoms with Crippen LogP contribution >= 0.6 is 0 Å². The molecule has 0 atom stereocenters. The second kappa shape index (κ2) is 6.43. The number of nitrogen functional groups attached to an aromatic ring is 1. The fourth-order valence-corrected chi connectivity index (χ4v) is 1.21. The third kappa shape index (κ3) is 3.93. The van der Waals surface area contributed by atoms with E-state index in [4.69, 9.17) is 5.73 Å². The highest BCUT2D eigenvalue weighted by Crippen LogP contribution is 2.07. The minimum absolute atomic E-state index is 0.201. The molecule has 0 aromatic carbocycles. The maximum atomic E-state index is 11.7. The zero-order chi connectivity index (χ0) is 13.5. The third-order valence-electron chi connectivity index (χ3n) is 2.19. The molecule has 7 heteroatoms. The Labute approximate surface area is 105 Å². The van der Waals surface area contributed by atoms with Gasteiger partial charge in [-0.25, -0.2) is 4.79 Å². The van der Waals surface area contributed by atoms with Crippen LogP contribution in [0.15, 0.2) is 18.5 Å². The summed E-state index contributed by atoms with van der Waals surface area (Å²) in [6.07, 6.45) is 2.92. The van der Waals surface area contributed by atoms with E-state index in [0.717, 1.165) is 0 Å². The number of rotatable bonds is 4. The number of hydrogen-bond donors (Lipinski definition) is 3. The molecule has 0 unspecified atom stereocenters. The molecule has 0 aliphatic rings. The molecule has 1 rings (SSSR count). The number of hydrogen-bond acceptors (Lipinski definition) is 4. The van der Waals surface area contributed by atoms with Crippen LogP contribution in [-0.4, -0.2) is 49.0 Å². The van der Waals surface area contributed by atoms with Crippen molar-refractivity contribution in [1.29, 1.82) is 0 Å². The van der Waals surface area contributed by atoms with Crippen LogP contribution in [-0.2, 0) is 0 Å². The van der Waals surface area contributed by atoms with Crippen molar-refractivity contribution >= 4 is 17.6 Å². The van der Waals surface area contributed by atoms with Gasteiger partial charge in [-0.05, 0) is 6.07 Å². The van der Waals surface area contributed by atoms with E-state index in [1.165, 1.54) is 17.3 Å². The summed E-state index contributed by atoms with van der Waals surface area (Å²) in [7, 11) is 3.29. The molecule has 0 aliphatic heterocycles. The summed E-state index contributed by atoms with van der Waals surface area (Å²) in [5.41, 5.74) is 6.32. The molecule has 0 saturated heterocycles. The third-order valence-corrected chi connectivity index (χ3v) is 2.19. The standard InChI is InChI=1S/C11H17N5O2/c1-16(2)11(18)15-6-5-14-10(17)8-3-4-13-7-9(8)12/h3-4,7H,5-6,12H2,1-2H3,(H,14,17)(H,15,18). The smallest absolute Gasteiger partial charge is 0.316 e. The number of amides is 3. The van der Waals surface area contributed by atoms with E-state index in [9.17, 15) is 9.59 Å². The van der Waals surface area contributed by atoms with E-state index in [2.05, 4.69) is 15.6 Å². The summed E-state index contributed by atoms with van der Waals surface area (Å²) in [4.78, 5) is 28.1. The SMILES string of the molecule is CN(C)C(=O)NCCNC(=O)c1ccncc1N. The van der Waals surface area contributed by atoms with Crippen LogP contribution in [0.25, 0.3) is 0 Å². The van der Waals surface area contributed by atoms with E-state index >= 15 is 0 Å². The molecule has 1 aromatic heterocycles. The van der Waals surface area contributed by atoms with Gasteiger partial charge in [-0.2, -0.15) is 0 Å². The lowest BCUT2D eigenvalue weighted by Gasteiger charge is -2.12. The number of nitrogens with one attached hydrogen (secondary N) is 2. The molecule has 0 radical (unpaired) electrons. The summed E-state index contributed by atoms with van der Waals surface area (Å²) in [5.74, 6) is -0.283. The number of nitrogens with two attached hydrogens (primary N) is 1. The summed E-state index contributed by atoms with van der Waals surface area (Å²) in [5, 5.41) is 5.29. The molecule has 4 N–H and O–H groups in total. The lowest BCUT2D eigenvalue weighted by molar-refractivity contribution is 0.0954. The van der Waals surface area contributed by atoms with Gasteiger partial charge in [0, 0.05) is 33.4 Å². The zero-order valence-electron chi connectivity index (χ0n) is 10.4. The summed E-state index contributed by atoms with van der Waals surface area (Å²) in [6.45, 7) is 0.688. The van der Waals surface area contributed by atoms with Crippen LogP contribution in [0.5, 0.6) is 0 Å². The molecule has 0 spiro atoms. The van der Waals surface area contributed by atoms with E-state index in [1.807, 2.05) is 0 Å². The van der Waals surface area contributed by atoms with E-state index in [1.54, 1.807) is 20.2 Å². The lowest BCUT2D eigenvalue weighted by Crippen LogP contribution is -2.39. The molecule has 0 bridgehead atoms. The average molecular weight is 251 g/mol. The first-order chi connectivity index (χ1) is 8.52. The van der Waals surface area contributed by atoms with Gasteiger partial charge in [0.15, 0.2) is 0 Å². The second-order valence-electron chi connectivity index (χ2n) is 3.85. The fraction of sp³-hybridized carbons (Fsp3) is 0.364. The molecule has 1 heterocycles. The second-order valence-corrected chi connectivity index (χ2v) is 3.85. The summed E-state index contributed by atoms with van der Waals surface area (Å²) in [6, 6.07) is 1.34. The Kier molecular flexibility index (Phi) is 4.91. The fourth-order valence-electron chi connectivity index (χ4n) is 1.21. The predicted molar refractivity (Wildman–Crippen MR) is 68.1 cm³/mol. The van der Waals surface area contributed by atoms with Gasteiger partial charge in [-0.1, -0.05) is 0 Å². The highest BCUT2D eigenvalue weighted by atomic mass is 16.2. The zero-order valence-corrected chi connectivity index (χ0v) is 10.4. The van der Waals surface area contributed by atoms with Crippen LogP contribution in [0.1, 0.15) is 10.4 Å². The Balaban J connectivity index is 2.35. The van der Waals surface area contributed by atoms with Crippen molar-refractivity contribution in [2.45, 2.75) is 0 Å². The molecule has 0 fully saturated rings. The van der Waals surface area contributed by atoms with Gasteiger partial charge in [-0.15, -0.1) is 0 Å². The quantitative estimate of drug-likeness (QED) is 0.637. The van der Waals surface area contributed by atoms with Gasteiger partial charge in [0.05, 0.1) is 17.4 Å². The Morgan fingerprint density at radius 3 is 2.61 bits per heavy atom. The number of nitrogens with zero attached hydrogens (tertiary/aromatic N) is 2. The molecule has 0 aliphatic carbocycles. The van der Waals surface area contributed by atoms with Gasteiger partial charge >= 0.3 is 6.03 Å². The van der Waals surface area contributed by atoms with Gasteiger partial charge < -0.3 is 21.3 Å². The van der Waals surface area contributed by atoms with Crippen molar-refractivity contribution in [3.8, 4) is 0 Å². The first kappa shape index (κ1) is 13.8. The molecule has 0 saturated carbocycles. The highest BCUT2D eigenvalue weighted by Gasteiger charge is 2.08. The van der Waals surface area contributed by atoms with E-state index in [-0.39, 0.29) is 11.9 Å². The normalized spacial score (nSPS) is 9.67. The van der Waals surface area contributed by atoms with Crippen LogP contribution < -0.4 is 16.4 Å². The van der Waals surface area contributed by atoms with Crippen molar-refractivity contribution in [3.63, 3.8) is 0 Å².